The van der Waals surface area contributed by atoms with Crippen LogP contribution in [0.15, 0.2) is 77.7 Å². The van der Waals surface area contributed by atoms with Crippen molar-refractivity contribution in [2.24, 2.45) is 0 Å². The fourth-order valence-electron chi connectivity index (χ4n) is 4.20. The van der Waals surface area contributed by atoms with Crippen LogP contribution >= 0.6 is 0 Å². The smallest absolute Gasteiger partial charge is 0.264 e. The molecular weight excluding hydrogens is 545 g/mol. The normalized spacial score (nSPS) is 12.4. The van der Waals surface area contributed by atoms with Gasteiger partial charge in [-0.05, 0) is 95.6 Å². The van der Waals surface area contributed by atoms with Gasteiger partial charge in [-0.15, -0.1) is 0 Å². The Hall–Kier alpha value is -3.92. The van der Waals surface area contributed by atoms with E-state index in [2.05, 4.69) is 5.32 Å². The molecular formula is C31H38FN3O5S. The highest BCUT2D eigenvalue weighted by Crippen LogP contribution is 2.26. The van der Waals surface area contributed by atoms with Gasteiger partial charge in [0.25, 0.3) is 10.0 Å². The first-order valence-electron chi connectivity index (χ1n) is 13.4. The first-order chi connectivity index (χ1) is 19.2. The van der Waals surface area contributed by atoms with Crippen molar-refractivity contribution in [1.82, 2.24) is 10.2 Å². The molecule has 3 aromatic rings. The number of aryl methyl sites for hydroxylation is 1. The van der Waals surface area contributed by atoms with E-state index >= 15 is 0 Å². The van der Waals surface area contributed by atoms with E-state index < -0.39 is 39.9 Å². The lowest BCUT2D eigenvalue weighted by molar-refractivity contribution is -0.140. The molecule has 0 aliphatic heterocycles. The molecule has 0 aromatic heterocycles. The van der Waals surface area contributed by atoms with Gasteiger partial charge in [-0.25, -0.2) is 12.8 Å². The Labute approximate surface area is 242 Å². The van der Waals surface area contributed by atoms with E-state index in [0.29, 0.717) is 12.4 Å². The maximum absolute atomic E-state index is 14.0. The average molecular weight is 584 g/mol. The largest absolute Gasteiger partial charge is 0.494 e. The number of benzene rings is 3. The number of rotatable bonds is 11. The van der Waals surface area contributed by atoms with Crippen molar-refractivity contribution < 1.29 is 27.1 Å². The summed E-state index contributed by atoms with van der Waals surface area (Å²) < 4.78 is 47.9. The Kier molecular flexibility index (Phi) is 10.1. The van der Waals surface area contributed by atoms with Crippen LogP contribution in [0.25, 0.3) is 0 Å². The molecule has 10 heteroatoms. The van der Waals surface area contributed by atoms with Crippen LogP contribution < -0.4 is 14.4 Å². The van der Waals surface area contributed by atoms with E-state index in [4.69, 9.17) is 4.74 Å². The molecule has 0 aliphatic carbocycles. The molecule has 0 aliphatic rings. The lowest BCUT2D eigenvalue weighted by atomic mass is 10.1. The number of amides is 2. The monoisotopic (exact) mass is 583 g/mol. The van der Waals surface area contributed by atoms with E-state index in [-0.39, 0.29) is 23.0 Å². The number of carbonyl (C=O) groups excluding carboxylic acids is 2. The Bertz CT molecular complexity index is 1450. The van der Waals surface area contributed by atoms with E-state index in [1.807, 2.05) is 58.9 Å². The second-order valence-electron chi connectivity index (χ2n) is 10.8. The van der Waals surface area contributed by atoms with E-state index in [0.717, 1.165) is 27.6 Å². The number of nitrogens with zero attached hydrogens (tertiary/aromatic N) is 2. The van der Waals surface area contributed by atoms with Crippen LogP contribution in [0.4, 0.5) is 10.1 Å². The van der Waals surface area contributed by atoms with Gasteiger partial charge in [0.2, 0.25) is 11.8 Å². The molecule has 0 fully saturated rings. The molecule has 0 bridgehead atoms. The number of hydrogen-bond acceptors (Lipinski definition) is 5. The molecule has 220 valence electrons. The zero-order valence-electron chi connectivity index (χ0n) is 24.3. The lowest BCUT2D eigenvalue weighted by Gasteiger charge is -2.33. The standard InChI is InChI=1S/C31H38FN3O5S/c1-7-40-27-15-17-28(18-16-27)41(38,39)35(26-13-11-25(32)12-14-26)21-29(36)34(20-24-10-8-9-22(2)19-24)23(3)30(37)33-31(4,5)6/h8-19,23H,7,20-21H2,1-6H3,(H,33,37). The number of halogens is 1. The molecule has 41 heavy (non-hydrogen) atoms. The summed E-state index contributed by atoms with van der Waals surface area (Å²) in [7, 11) is -4.27. The van der Waals surface area contributed by atoms with Gasteiger partial charge in [0, 0.05) is 12.1 Å². The second kappa shape index (κ2) is 13.2. The topological polar surface area (TPSA) is 96.0 Å². The number of ether oxygens (including phenoxy) is 1. The van der Waals surface area contributed by atoms with Gasteiger partial charge in [0.1, 0.15) is 24.2 Å². The summed E-state index contributed by atoms with van der Waals surface area (Å²) in [4.78, 5) is 28.4. The molecule has 0 saturated heterocycles. The van der Waals surface area contributed by atoms with Crippen LogP contribution in [-0.2, 0) is 26.2 Å². The van der Waals surface area contributed by atoms with Gasteiger partial charge in [-0.3, -0.25) is 13.9 Å². The first-order valence-corrected chi connectivity index (χ1v) is 14.8. The van der Waals surface area contributed by atoms with Gasteiger partial charge in [-0.2, -0.15) is 0 Å². The highest BCUT2D eigenvalue weighted by molar-refractivity contribution is 7.92. The zero-order chi connectivity index (χ0) is 30.4. The molecule has 1 atom stereocenters. The van der Waals surface area contributed by atoms with Crippen molar-refractivity contribution >= 4 is 27.5 Å². The van der Waals surface area contributed by atoms with Gasteiger partial charge in [0.05, 0.1) is 17.2 Å². The molecule has 0 heterocycles. The number of nitrogens with one attached hydrogen (secondary N) is 1. The van der Waals surface area contributed by atoms with Crippen molar-refractivity contribution in [3.8, 4) is 5.75 Å². The van der Waals surface area contributed by atoms with E-state index in [1.165, 1.54) is 41.3 Å². The quantitative estimate of drug-likeness (QED) is 0.341. The van der Waals surface area contributed by atoms with Crippen molar-refractivity contribution in [1.29, 1.82) is 0 Å². The summed E-state index contributed by atoms with van der Waals surface area (Å²) in [6.45, 7) is 10.7. The number of anilines is 1. The summed E-state index contributed by atoms with van der Waals surface area (Å²) in [5.74, 6) is -1.02. The van der Waals surface area contributed by atoms with Crippen LogP contribution in [0.1, 0.15) is 45.7 Å². The van der Waals surface area contributed by atoms with Gasteiger partial charge in [0.15, 0.2) is 0 Å². The van der Waals surface area contributed by atoms with Gasteiger partial charge in [-0.1, -0.05) is 29.8 Å². The molecule has 3 aromatic carbocycles. The van der Waals surface area contributed by atoms with Crippen LogP contribution in [-0.4, -0.2) is 49.9 Å². The summed E-state index contributed by atoms with van der Waals surface area (Å²) in [6.07, 6.45) is 0. The average Bonchev–Trinajstić information content (AvgIpc) is 2.90. The minimum Gasteiger partial charge on any atom is -0.494 e. The molecule has 0 saturated carbocycles. The predicted molar refractivity (Wildman–Crippen MR) is 158 cm³/mol. The molecule has 0 radical (unpaired) electrons. The molecule has 1 N–H and O–H groups in total. The lowest BCUT2D eigenvalue weighted by Crippen LogP contribution is -2.54. The summed E-state index contributed by atoms with van der Waals surface area (Å²) in [6, 6.07) is 17.3. The summed E-state index contributed by atoms with van der Waals surface area (Å²) in [5, 5.41) is 2.90. The Morgan fingerprint density at radius 1 is 1.00 bits per heavy atom. The SMILES string of the molecule is CCOc1ccc(S(=O)(=O)N(CC(=O)N(Cc2cccc(C)c2)C(C)C(=O)NC(C)(C)C)c2ccc(F)cc2)cc1. The molecule has 2 amide bonds. The Balaban J connectivity index is 2.03. The maximum atomic E-state index is 14.0. The van der Waals surface area contributed by atoms with Crippen molar-refractivity contribution in [2.45, 2.75) is 64.6 Å². The molecule has 0 spiro atoms. The number of sulfonamides is 1. The number of carbonyl (C=O) groups is 2. The van der Waals surface area contributed by atoms with Crippen LogP contribution in [0, 0.1) is 12.7 Å². The molecule has 1 unspecified atom stereocenters. The van der Waals surface area contributed by atoms with Crippen LogP contribution in [0.2, 0.25) is 0 Å². The minimum atomic E-state index is -4.27. The third kappa shape index (κ3) is 8.53. The fourth-order valence-corrected chi connectivity index (χ4v) is 5.62. The summed E-state index contributed by atoms with van der Waals surface area (Å²) >= 11 is 0. The fraction of sp³-hybridized carbons (Fsp3) is 0.355. The van der Waals surface area contributed by atoms with Crippen molar-refractivity contribution in [3.63, 3.8) is 0 Å². The van der Waals surface area contributed by atoms with Gasteiger partial charge < -0.3 is 15.0 Å². The maximum Gasteiger partial charge on any atom is 0.264 e. The van der Waals surface area contributed by atoms with Crippen molar-refractivity contribution in [3.05, 3.63) is 89.7 Å². The number of hydrogen-bond donors (Lipinski definition) is 1. The zero-order valence-corrected chi connectivity index (χ0v) is 25.2. The Morgan fingerprint density at radius 2 is 1.63 bits per heavy atom. The van der Waals surface area contributed by atoms with Crippen LogP contribution in [0.5, 0.6) is 5.75 Å². The molecule has 3 rings (SSSR count). The third-order valence-electron chi connectivity index (χ3n) is 6.22. The highest BCUT2D eigenvalue weighted by Gasteiger charge is 2.33. The van der Waals surface area contributed by atoms with Gasteiger partial charge >= 0.3 is 0 Å². The molecule has 8 nitrogen and oxygen atoms in total. The third-order valence-corrected chi connectivity index (χ3v) is 8.01. The second-order valence-corrected chi connectivity index (χ2v) is 12.7. The highest BCUT2D eigenvalue weighted by atomic mass is 32.2. The van der Waals surface area contributed by atoms with E-state index in [9.17, 15) is 22.4 Å². The first kappa shape index (κ1) is 31.6. The summed E-state index contributed by atoms with van der Waals surface area (Å²) in [5.41, 5.74) is 1.33. The van der Waals surface area contributed by atoms with E-state index in [1.54, 1.807) is 6.92 Å². The van der Waals surface area contributed by atoms with Crippen LogP contribution in [0.3, 0.4) is 0 Å². The Morgan fingerprint density at radius 3 is 2.20 bits per heavy atom. The minimum absolute atomic E-state index is 0.0677. The predicted octanol–water partition coefficient (Wildman–Crippen LogP) is 5.06. The van der Waals surface area contributed by atoms with Crippen molar-refractivity contribution in [2.75, 3.05) is 17.5 Å².